The monoisotopic (exact) mass is 495 g/mol. The van der Waals surface area contributed by atoms with E-state index >= 15 is 0 Å². The van der Waals surface area contributed by atoms with Crippen LogP contribution >= 0.6 is 0 Å². The number of hydrogen-bond donors (Lipinski definition) is 4. The van der Waals surface area contributed by atoms with E-state index in [0.717, 1.165) is 0 Å². The number of nitrogens with two attached hydrogens (primary N) is 1. The highest BCUT2D eigenvalue weighted by atomic mass is 19.4. The molecule has 2 fully saturated rings. The molecule has 0 aromatic carbocycles. The van der Waals surface area contributed by atoms with Gasteiger partial charge < -0.3 is 26.0 Å². The lowest BCUT2D eigenvalue weighted by Gasteiger charge is -2.39. The van der Waals surface area contributed by atoms with E-state index in [1.807, 2.05) is 5.32 Å². The standard InChI is InChI=1S/C19H23F6N7O2/c1-31(2)10-7-11(29-16(28-10)18(20,21)22)32-5-3-9(4-6-32)14(26)13-15(27)30-12(33)8-17(13,34)19(23,24)25/h7,9,34H,3-6,8,26H2,1-2H3,(H2,27,30,33). The van der Waals surface area contributed by atoms with Crippen LogP contribution in [0, 0.1) is 11.3 Å². The molecule has 1 aromatic rings. The summed E-state index contributed by atoms with van der Waals surface area (Å²) in [5.74, 6) is -4.11. The molecule has 1 aromatic heterocycles. The van der Waals surface area contributed by atoms with E-state index in [-0.39, 0.29) is 37.6 Å². The molecule has 0 spiro atoms. The van der Waals surface area contributed by atoms with E-state index in [4.69, 9.17) is 11.1 Å². The highest BCUT2D eigenvalue weighted by Gasteiger charge is 2.61. The van der Waals surface area contributed by atoms with Crippen LogP contribution in [0.1, 0.15) is 25.1 Å². The lowest BCUT2D eigenvalue weighted by Crippen LogP contribution is -2.59. The molecule has 0 aliphatic carbocycles. The zero-order valence-corrected chi connectivity index (χ0v) is 18.2. The molecule has 1 unspecified atom stereocenters. The SMILES string of the molecule is CN(C)c1cc(N2CCC(C(N)=C3C(=N)NC(=O)CC3(O)C(F)(F)F)CC2)nc(C(F)(F)F)n1. The Morgan fingerprint density at radius 2 is 1.82 bits per heavy atom. The number of halogens is 6. The first-order chi connectivity index (χ1) is 15.5. The van der Waals surface area contributed by atoms with Crippen molar-refractivity contribution in [1.29, 1.82) is 5.41 Å². The summed E-state index contributed by atoms with van der Waals surface area (Å²) in [5, 5.41) is 20.1. The van der Waals surface area contributed by atoms with Crippen LogP contribution in [0.3, 0.4) is 0 Å². The predicted molar refractivity (Wildman–Crippen MR) is 109 cm³/mol. The summed E-state index contributed by atoms with van der Waals surface area (Å²) in [5.41, 5.74) is 1.08. The molecule has 3 rings (SSSR count). The zero-order valence-electron chi connectivity index (χ0n) is 18.2. The van der Waals surface area contributed by atoms with Crippen molar-refractivity contribution in [2.45, 2.75) is 37.2 Å². The van der Waals surface area contributed by atoms with Gasteiger partial charge in [-0.25, -0.2) is 9.97 Å². The number of anilines is 2. The predicted octanol–water partition coefficient (Wildman–Crippen LogP) is 1.78. The minimum absolute atomic E-state index is 0.000156. The fourth-order valence-corrected chi connectivity index (χ4v) is 3.96. The van der Waals surface area contributed by atoms with Crippen molar-refractivity contribution in [2.24, 2.45) is 11.7 Å². The van der Waals surface area contributed by atoms with Gasteiger partial charge in [0.1, 0.15) is 17.5 Å². The van der Waals surface area contributed by atoms with E-state index in [0.29, 0.717) is 0 Å². The first kappa shape index (κ1) is 25.5. The summed E-state index contributed by atoms with van der Waals surface area (Å²) < 4.78 is 80.6. The Morgan fingerprint density at radius 1 is 1.24 bits per heavy atom. The number of amides is 1. The number of alkyl halides is 6. The number of hydrogen-bond acceptors (Lipinski definition) is 8. The third-order valence-electron chi connectivity index (χ3n) is 5.77. The normalized spacial score (nSPS) is 24.2. The van der Waals surface area contributed by atoms with Crippen LogP contribution in [0.15, 0.2) is 17.3 Å². The lowest BCUT2D eigenvalue weighted by atomic mass is 9.79. The van der Waals surface area contributed by atoms with Gasteiger partial charge in [0.05, 0.1) is 12.0 Å². The molecular formula is C19H23F6N7O2. The number of allylic oxidation sites excluding steroid dienone is 1. The number of amidine groups is 1. The van der Waals surface area contributed by atoms with Crippen LogP contribution in [0.25, 0.3) is 0 Å². The van der Waals surface area contributed by atoms with Gasteiger partial charge in [-0.05, 0) is 12.8 Å². The molecule has 0 radical (unpaired) electrons. The van der Waals surface area contributed by atoms with Crippen LogP contribution in [-0.2, 0) is 11.0 Å². The van der Waals surface area contributed by atoms with Crippen molar-refractivity contribution in [1.82, 2.24) is 15.3 Å². The van der Waals surface area contributed by atoms with Crippen molar-refractivity contribution < 1.29 is 36.2 Å². The maximum Gasteiger partial charge on any atom is 0.451 e. The van der Waals surface area contributed by atoms with Gasteiger partial charge in [-0.1, -0.05) is 0 Å². The smallest absolute Gasteiger partial charge is 0.401 e. The van der Waals surface area contributed by atoms with Gasteiger partial charge in [0.2, 0.25) is 11.7 Å². The summed E-state index contributed by atoms with van der Waals surface area (Å²) in [6.45, 7) is 0.202. The second-order valence-corrected chi connectivity index (χ2v) is 8.35. The molecule has 2 aliphatic rings. The van der Waals surface area contributed by atoms with Gasteiger partial charge in [0.15, 0.2) is 5.60 Å². The van der Waals surface area contributed by atoms with Crippen molar-refractivity contribution in [3.63, 3.8) is 0 Å². The van der Waals surface area contributed by atoms with E-state index in [1.54, 1.807) is 0 Å². The van der Waals surface area contributed by atoms with Gasteiger partial charge in [0, 0.05) is 44.9 Å². The van der Waals surface area contributed by atoms with Crippen molar-refractivity contribution in [3.05, 3.63) is 23.2 Å². The summed E-state index contributed by atoms with van der Waals surface area (Å²) >= 11 is 0. The largest absolute Gasteiger partial charge is 0.451 e. The Bertz CT molecular complexity index is 1020. The topological polar surface area (TPSA) is 131 Å². The summed E-state index contributed by atoms with van der Waals surface area (Å²) in [4.78, 5) is 21.6. The number of nitrogens with one attached hydrogen (secondary N) is 2. The average Bonchev–Trinajstić information content (AvgIpc) is 2.71. The fraction of sp³-hybridized carbons (Fsp3) is 0.579. The van der Waals surface area contributed by atoms with Gasteiger partial charge in [-0.15, -0.1) is 0 Å². The Hall–Kier alpha value is -3.10. The summed E-state index contributed by atoms with van der Waals surface area (Å²) in [7, 11) is 3.04. The number of aliphatic hydroxyl groups is 1. The van der Waals surface area contributed by atoms with Gasteiger partial charge >= 0.3 is 12.4 Å². The van der Waals surface area contributed by atoms with Crippen molar-refractivity contribution >= 4 is 23.4 Å². The molecular weight excluding hydrogens is 472 g/mol. The second kappa shape index (κ2) is 8.60. The van der Waals surface area contributed by atoms with E-state index in [1.165, 1.54) is 30.0 Å². The Morgan fingerprint density at radius 3 is 2.32 bits per heavy atom. The van der Waals surface area contributed by atoms with Crippen LogP contribution in [0.2, 0.25) is 0 Å². The van der Waals surface area contributed by atoms with Gasteiger partial charge in [-0.2, -0.15) is 26.3 Å². The fourth-order valence-electron chi connectivity index (χ4n) is 3.96. The van der Waals surface area contributed by atoms with Crippen LogP contribution in [0.5, 0.6) is 0 Å². The lowest BCUT2D eigenvalue weighted by molar-refractivity contribution is -0.244. The second-order valence-electron chi connectivity index (χ2n) is 8.35. The molecule has 0 bridgehead atoms. The quantitative estimate of drug-likeness (QED) is 0.470. The van der Waals surface area contributed by atoms with Crippen molar-refractivity contribution in [3.8, 4) is 0 Å². The zero-order chi connectivity index (χ0) is 25.6. The van der Waals surface area contributed by atoms with E-state index in [9.17, 15) is 36.2 Å². The number of piperidine rings is 2. The first-order valence-corrected chi connectivity index (χ1v) is 10.1. The number of rotatable bonds is 3. The molecule has 5 N–H and O–H groups in total. The molecule has 34 heavy (non-hydrogen) atoms. The summed E-state index contributed by atoms with van der Waals surface area (Å²) in [6.07, 6.45) is -11.1. The number of carbonyl (C=O) groups is 1. The van der Waals surface area contributed by atoms with Crippen LogP contribution < -0.4 is 20.9 Å². The third kappa shape index (κ3) is 4.74. The van der Waals surface area contributed by atoms with Crippen LogP contribution in [0.4, 0.5) is 38.0 Å². The minimum Gasteiger partial charge on any atom is -0.401 e. The molecule has 15 heteroatoms. The average molecular weight is 495 g/mol. The van der Waals surface area contributed by atoms with Gasteiger partial charge in [-0.3, -0.25) is 10.2 Å². The molecule has 3 heterocycles. The van der Waals surface area contributed by atoms with Gasteiger partial charge in [0.25, 0.3) is 0 Å². The molecule has 188 valence electrons. The van der Waals surface area contributed by atoms with E-state index < -0.39 is 59.1 Å². The minimum atomic E-state index is -5.25. The third-order valence-corrected chi connectivity index (χ3v) is 5.77. The van der Waals surface area contributed by atoms with E-state index in [2.05, 4.69) is 9.97 Å². The number of nitrogens with zero attached hydrogens (tertiary/aromatic N) is 4. The molecule has 0 saturated carbocycles. The molecule has 2 aliphatic heterocycles. The molecule has 1 amide bonds. The molecule has 1 atom stereocenters. The molecule has 2 saturated heterocycles. The maximum atomic E-state index is 13.6. The Labute approximate surface area is 190 Å². The molecule has 9 nitrogen and oxygen atoms in total. The Kier molecular flexibility index (Phi) is 6.45. The Balaban J connectivity index is 1.88. The van der Waals surface area contributed by atoms with Crippen molar-refractivity contribution in [2.75, 3.05) is 37.0 Å². The number of carbonyl (C=O) groups excluding carboxylic acids is 1. The van der Waals surface area contributed by atoms with Crippen LogP contribution in [-0.4, -0.2) is 65.8 Å². The first-order valence-electron chi connectivity index (χ1n) is 10.1. The summed E-state index contributed by atoms with van der Waals surface area (Å²) in [6, 6.07) is 1.37. The maximum absolute atomic E-state index is 13.6. The highest BCUT2D eigenvalue weighted by molar-refractivity contribution is 6.11. The highest BCUT2D eigenvalue weighted by Crippen LogP contribution is 2.43. The number of aromatic nitrogens is 2.